The fourth-order valence-corrected chi connectivity index (χ4v) is 4.84. The molecule has 0 spiro atoms. The first-order valence-corrected chi connectivity index (χ1v) is 19.5. The van der Waals surface area contributed by atoms with Crippen LogP contribution < -0.4 is 0 Å². The van der Waals surface area contributed by atoms with Gasteiger partial charge in [0.25, 0.3) is 0 Å². The lowest BCUT2D eigenvalue weighted by Gasteiger charge is -2.18. The Morgan fingerprint density at radius 2 is 0.979 bits per heavy atom. The van der Waals surface area contributed by atoms with Crippen molar-refractivity contribution >= 4 is 11.9 Å². The van der Waals surface area contributed by atoms with Crippen molar-refractivity contribution in [1.29, 1.82) is 0 Å². The lowest BCUT2D eigenvalue weighted by atomic mass is 10.1. The van der Waals surface area contributed by atoms with E-state index in [4.69, 9.17) is 14.2 Å². The Balaban J connectivity index is 4.25. The molecule has 48 heavy (non-hydrogen) atoms. The van der Waals surface area contributed by atoms with E-state index < -0.39 is 6.10 Å². The second kappa shape index (κ2) is 38.8. The summed E-state index contributed by atoms with van der Waals surface area (Å²) in [5.41, 5.74) is 0. The van der Waals surface area contributed by atoms with Crippen LogP contribution >= 0.6 is 0 Å². The van der Waals surface area contributed by atoms with E-state index >= 15 is 0 Å². The highest BCUT2D eigenvalue weighted by Gasteiger charge is 2.17. The molecule has 1 atom stereocenters. The molecule has 0 aliphatic heterocycles. The molecule has 0 aromatic heterocycles. The zero-order valence-electron chi connectivity index (χ0n) is 31.2. The summed E-state index contributed by atoms with van der Waals surface area (Å²) in [5.74, 6) is -0.465. The number of carbonyl (C=O) groups is 2. The highest BCUT2D eigenvalue weighted by atomic mass is 16.6. The summed E-state index contributed by atoms with van der Waals surface area (Å²) in [6.07, 6.45) is 47.9. The van der Waals surface area contributed by atoms with Gasteiger partial charge in [-0.15, -0.1) is 0 Å². The van der Waals surface area contributed by atoms with Gasteiger partial charge in [-0.2, -0.15) is 0 Å². The molecule has 0 N–H and O–H groups in total. The van der Waals surface area contributed by atoms with Crippen LogP contribution in [0.5, 0.6) is 0 Å². The molecule has 0 radical (unpaired) electrons. The third-order valence-electron chi connectivity index (χ3n) is 7.71. The Bertz CT molecular complexity index is 895. The molecular weight excluding hydrogens is 596 g/mol. The summed E-state index contributed by atoms with van der Waals surface area (Å²) < 4.78 is 17.0. The third kappa shape index (κ3) is 36.2. The standard InChI is InChI=1S/C43H72O5/c1-4-7-10-13-15-17-19-21-23-25-27-29-32-35-38-46-39-41(48-43(45)37-34-30-12-9-6-3)40-47-42(44)36-33-31-28-26-24-22-20-18-16-14-11-8-5-2/h7,10-11,14-15,17-18,20-21,23,27,29,41H,4-6,8-9,12-13,16,19,22,24-26,28,30-40H2,1-3H3/b10-7-,14-11-,17-15-,20-18-,23-21-,29-27-. The molecule has 0 aromatic rings. The first-order valence-electron chi connectivity index (χ1n) is 19.5. The van der Waals surface area contributed by atoms with E-state index in [2.05, 4.69) is 93.7 Å². The van der Waals surface area contributed by atoms with Gasteiger partial charge in [-0.05, 0) is 77.0 Å². The fourth-order valence-electron chi connectivity index (χ4n) is 4.84. The Labute approximate surface area is 296 Å². The zero-order chi connectivity index (χ0) is 35.0. The van der Waals surface area contributed by atoms with Crippen LogP contribution in [0, 0.1) is 0 Å². The van der Waals surface area contributed by atoms with Crippen LogP contribution in [0.2, 0.25) is 0 Å². The number of hydrogen-bond donors (Lipinski definition) is 0. The number of rotatable bonds is 34. The number of allylic oxidation sites excluding steroid dienone is 12. The van der Waals surface area contributed by atoms with E-state index in [-0.39, 0.29) is 25.2 Å². The highest BCUT2D eigenvalue weighted by Crippen LogP contribution is 2.11. The van der Waals surface area contributed by atoms with Gasteiger partial charge < -0.3 is 14.2 Å². The Morgan fingerprint density at radius 3 is 1.58 bits per heavy atom. The lowest BCUT2D eigenvalue weighted by Crippen LogP contribution is -2.30. The summed E-state index contributed by atoms with van der Waals surface area (Å²) in [4.78, 5) is 24.9. The molecule has 0 fully saturated rings. The van der Waals surface area contributed by atoms with Crippen molar-refractivity contribution in [3.05, 3.63) is 72.9 Å². The van der Waals surface area contributed by atoms with Gasteiger partial charge >= 0.3 is 11.9 Å². The van der Waals surface area contributed by atoms with Crippen LogP contribution in [-0.2, 0) is 23.8 Å². The lowest BCUT2D eigenvalue weighted by molar-refractivity contribution is -0.163. The van der Waals surface area contributed by atoms with Crippen molar-refractivity contribution in [3.63, 3.8) is 0 Å². The molecule has 0 bridgehead atoms. The van der Waals surface area contributed by atoms with Crippen LogP contribution in [0.15, 0.2) is 72.9 Å². The van der Waals surface area contributed by atoms with Crippen LogP contribution in [0.3, 0.4) is 0 Å². The van der Waals surface area contributed by atoms with E-state index in [0.717, 1.165) is 96.3 Å². The van der Waals surface area contributed by atoms with Crippen molar-refractivity contribution in [1.82, 2.24) is 0 Å². The van der Waals surface area contributed by atoms with Crippen LogP contribution in [0.4, 0.5) is 0 Å². The summed E-state index contributed by atoms with van der Waals surface area (Å²) in [7, 11) is 0. The van der Waals surface area contributed by atoms with E-state index in [1.807, 2.05) is 0 Å². The topological polar surface area (TPSA) is 61.8 Å². The molecule has 0 saturated carbocycles. The number of carbonyl (C=O) groups excluding carboxylic acids is 2. The van der Waals surface area contributed by atoms with Crippen LogP contribution in [-0.4, -0.2) is 37.9 Å². The average Bonchev–Trinajstić information content (AvgIpc) is 3.08. The summed E-state index contributed by atoms with van der Waals surface area (Å²) in [6.45, 7) is 7.39. The SMILES string of the molecule is CC/C=C\C/C=C\C/C=C\C/C=C\CCCOCC(COC(=O)CCCCCCC/C=C\C/C=C\CCC)OC(=O)CCCCCCC. The molecule has 0 aromatic carbocycles. The predicted molar refractivity (Wildman–Crippen MR) is 205 cm³/mol. The van der Waals surface area contributed by atoms with Crippen molar-refractivity contribution in [2.45, 2.75) is 168 Å². The maximum atomic E-state index is 12.5. The Morgan fingerprint density at radius 1 is 0.479 bits per heavy atom. The van der Waals surface area contributed by atoms with Crippen molar-refractivity contribution < 1.29 is 23.8 Å². The van der Waals surface area contributed by atoms with Crippen LogP contribution in [0.25, 0.3) is 0 Å². The molecule has 0 rings (SSSR count). The molecule has 5 heteroatoms. The van der Waals surface area contributed by atoms with Crippen molar-refractivity contribution in [2.24, 2.45) is 0 Å². The first kappa shape index (κ1) is 45.3. The molecule has 274 valence electrons. The van der Waals surface area contributed by atoms with E-state index in [1.165, 1.54) is 32.1 Å². The minimum absolute atomic E-state index is 0.0528. The first-order chi connectivity index (χ1) is 23.6. The monoisotopic (exact) mass is 669 g/mol. The van der Waals surface area contributed by atoms with Gasteiger partial charge in [0.15, 0.2) is 6.10 Å². The van der Waals surface area contributed by atoms with Gasteiger partial charge in [-0.3, -0.25) is 9.59 Å². The third-order valence-corrected chi connectivity index (χ3v) is 7.71. The number of unbranched alkanes of at least 4 members (excludes halogenated alkanes) is 11. The molecular formula is C43H72O5. The van der Waals surface area contributed by atoms with Gasteiger partial charge in [-0.25, -0.2) is 0 Å². The largest absolute Gasteiger partial charge is 0.462 e. The number of ether oxygens (including phenoxy) is 3. The Hall–Kier alpha value is -2.66. The normalized spacial score (nSPS) is 13.0. The van der Waals surface area contributed by atoms with Crippen molar-refractivity contribution in [2.75, 3.05) is 19.8 Å². The number of hydrogen-bond acceptors (Lipinski definition) is 5. The number of esters is 2. The average molecular weight is 669 g/mol. The van der Waals surface area contributed by atoms with E-state index in [9.17, 15) is 9.59 Å². The molecule has 0 heterocycles. The summed E-state index contributed by atoms with van der Waals surface area (Å²) >= 11 is 0. The zero-order valence-corrected chi connectivity index (χ0v) is 31.2. The maximum Gasteiger partial charge on any atom is 0.306 e. The quantitative estimate of drug-likeness (QED) is 0.0388. The molecule has 0 amide bonds. The summed E-state index contributed by atoms with van der Waals surface area (Å²) in [5, 5.41) is 0. The molecule has 0 saturated heterocycles. The minimum Gasteiger partial charge on any atom is -0.462 e. The van der Waals surface area contributed by atoms with Crippen molar-refractivity contribution in [3.8, 4) is 0 Å². The fraction of sp³-hybridized carbons (Fsp3) is 0.674. The van der Waals surface area contributed by atoms with Gasteiger partial charge in [0.05, 0.1) is 6.61 Å². The van der Waals surface area contributed by atoms with E-state index in [1.54, 1.807) is 0 Å². The predicted octanol–water partition coefficient (Wildman–Crippen LogP) is 12.4. The molecule has 5 nitrogen and oxygen atoms in total. The smallest absolute Gasteiger partial charge is 0.306 e. The molecule has 0 aliphatic rings. The summed E-state index contributed by atoms with van der Waals surface area (Å²) in [6, 6.07) is 0. The Kier molecular flexibility index (Phi) is 36.6. The van der Waals surface area contributed by atoms with Gasteiger partial charge in [-0.1, -0.05) is 145 Å². The van der Waals surface area contributed by atoms with Gasteiger partial charge in [0, 0.05) is 19.4 Å². The molecule has 0 aliphatic carbocycles. The minimum atomic E-state index is -0.565. The van der Waals surface area contributed by atoms with Gasteiger partial charge in [0.1, 0.15) is 6.61 Å². The highest BCUT2D eigenvalue weighted by molar-refractivity contribution is 5.70. The van der Waals surface area contributed by atoms with E-state index in [0.29, 0.717) is 19.4 Å². The van der Waals surface area contributed by atoms with Crippen LogP contribution in [0.1, 0.15) is 162 Å². The second-order valence-electron chi connectivity index (χ2n) is 12.5. The molecule has 1 unspecified atom stereocenters. The maximum absolute atomic E-state index is 12.5. The second-order valence-corrected chi connectivity index (χ2v) is 12.5. The van der Waals surface area contributed by atoms with Gasteiger partial charge in [0.2, 0.25) is 0 Å².